The molecule has 5 nitrogen and oxygen atoms in total. The minimum Gasteiger partial charge on any atom is -0.494 e. The molecule has 1 aromatic rings. The van der Waals surface area contributed by atoms with E-state index in [1.165, 1.54) is 25.8 Å². The number of anilines is 1. The van der Waals surface area contributed by atoms with E-state index in [-0.39, 0.29) is 5.91 Å². The number of ether oxygens (including phenoxy) is 2. The van der Waals surface area contributed by atoms with Crippen LogP contribution in [0.5, 0.6) is 5.75 Å². The largest absolute Gasteiger partial charge is 0.494 e. The smallest absolute Gasteiger partial charge is 0.256 e. The molecule has 0 aliphatic carbocycles. The first-order valence-corrected chi connectivity index (χ1v) is 11.3. The van der Waals surface area contributed by atoms with Gasteiger partial charge in [-0.2, -0.15) is 0 Å². The van der Waals surface area contributed by atoms with E-state index >= 15 is 0 Å². The molecule has 1 N–H and O–H groups in total. The summed E-state index contributed by atoms with van der Waals surface area (Å²) < 4.78 is 11.7. The molecule has 0 saturated carbocycles. The lowest BCUT2D eigenvalue weighted by molar-refractivity contribution is -0.140. The van der Waals surface area contributed by atoms with Crippen molar-refractivity contribution in [3.63, 3.8) is 0 Å². The van der Waals surface area contributed by atoms with E-state index in [0.29, 0.717) is 31.6 Å². The monoisotopic (exact) mass is 404 g/mol. The molecule has 29 heavy (non-hydrogen) atoms. The number of carbonyl (C=O) groups excluding carboxylic acids is 1. The quantitative estimate of drug-likeness (QED) is 0.521. The third-order valence-corrected chi connectivity index (χ3v) is 5.65. The van der Waals surface area contributed by atoms with Gasteiger partial charge in [0.1, 0.15) is 11.4 Å². The van der Waals surface area contributed by atoms with Gasteiger partial charge in [0.2, 0.25) is 0 Å². The van der Waals surface area contributed by atoms with Crippen molar-refractivity contribution < 1.29 is 14.3 Å². The van der Waals surface area contributed by atoms with Crippen LogP contribution in [-0.4, -0.2) is 48.8 Å². The normalized spacial score (nSPS) is 19.7. The lowest BCUT2D eigenvalue weighted by Gasteiger charge is -2.33. The summed E-state index contributed by atoms with van der Waals surface area (Å²) in [6.07, 6.45) is 5.71. The molecular formula is C24H40N2O3. The third kappa shape index (κ3) is 7.63. The third-order valence-electron chi connectivity index (χ3n) is 5.65. The van der Waals surface area contributed by atoms with Crippen molar-refractivity contribution in [1.29, 1.82) is 0 Å². The Morgan fingerprint density at radius 1 is 1.28 bits per heavy atom. The summed E-state index contributed by atoms with van der Waals surface area (Å²) in [7, 11) is 0. The van der Waals surface area contributed by atoms with Crippen LogP contribution in [0, 0.1) is 5.92 Å². The SMILES string of the molecule is CCO[C@@](C)(CC(C)C)C(=O)Nc1ccc(OCCCN2CCCC[C@@H]2C)cc1. The second kappa shape index (κ2) is 11.6. The number of nitrogens with one attached hydrogen (secondary N) is 1. The van der Waals surface area contributed by atoms with Crippen molar-refractivity contribution in [2.45, 2.75) is 78.4 Å². The number of carbonyl (C=O) groups is 1. The van der Waals surface area contributed by atoms with E-state index in [1.54, 1.807) is 0 Å². The van der Waals surface area contributed by atoms with Crippen molar-refractivity contribution in [2.75, 3.05) is 31.6 Å². The van der Waals surface area contributed by atoms with Crippen molar-refractivity contribution in [1.82, 2.24) is 4.90 Å². The lowest BCUT2D eigenvalue weighted by Crippen LogP contribution is -2.43. The summed E-state index contributed by atoms with van der Waals surface area (Å²) in [4.78, 5) is 15.3. The average molecular weight is 405 g/mol. The highest BCUT2D eigenvalue weighted by molar-refractivity contribution is 5.97. The summed E-state index contributed by atoms with van der Waals surface area (Å²) >= 11 is 0. The topological polar surface area (TPSA) is 50.8 Å². The second-order valence-electron chi connectivity index (χ2n) is 8.82. The first kappa shape index (κ1) is 23.7. The van der Waals surface area contributed by atoms with Crippen molar-refractivity contribution >= 4 is 11.6 Å². The van der Waals surface area contributed by atoms with Crippen LogP contribution in [0.3, 0.4) is 0 Å². The van der Waals surface area contributed by atoms with Crippen LogP contribution < -0.4 is 10.1 Å². The van der Waals surface area contributed by atoms with Crippen LogP contribution >= 0.6 is 0 Å². The van der Waals surface area contributed by atoms with Crippen LogP contribution in [0.1, 0.15) is 66.7 Å². The molecule has 2 atom stereocenters. The zero-order valence-electron chi connectivity index (χ0n) is 19.0. The fourth-order valence-electron chi connectivity index (χ4n) is 4.16. The molecule has 5 heteroatoms. The highest BCUT2D eigenvalue weighted by Gasteiger charge is 2.34. The Kier molecular flexibility index (Phi) is 9.44. The van der Waals surface area contributed by atoms with Crippen LogP contribution in [0.25, 0.3) is 0 Å². The van der Waals surface area contributed by atoms with Crippen LogP contribution in [0.4, 0.5) is 5.69 Å². The van der Waals surface area contributed by atoms with Gasteiger partial charge in [0.15, 0.2) is 0 Å². The molecule has 0 bridgehead atoms. The first-order valence-electron chi connectivity index (χ1n) is 11.3. The standard InChI is InChI=1S/C24H40N2O3/c1-6-29-24(5,18-19(2)3)23(27)25-21-11-13-22(14-12-21)28-17-9-16-26-15-8-7-10-20(26)4/h11-14,19-20H,6-10,15-18H2,1-5H3,(H,25,27)/t20-,24-/m0/s1. The Balaban J connectivity index is 1.79. The van der Waals surface area contributed by atoms with Gasteiger partial charge in [-0.1, -0.05) is 20.3 Å². The predicted molar refractivity (Wildman–Crippen MR) is 120 cm³/mol. The average Bonchev–Trinajstić information content (AvgIpc) is 2.67. The summed E-state index contributed by atoms with van der Waals surface area (Å²) in [5, 5.41) is 2.99. The fraction of sp³-hybridized carbons (Fsp3) is 0.708. The van der Waals surface area contributed by atoms with E-state index < -0.39 is 5.60 Å². The van der Waals surface area contributed by atoms with Gasteiger partial charge in [-0.15, -0.1) is 0 Å². The number of piperidine rings is 1. The minimum absolute atomic E-state index is 0.0997. The lowest BCUT2D eigenvalue weighted by atomic mass is 9.93. The van der Waals surface area contributed by atoms with Gasteiger partial charge < -0.3 is 19.7 Å². The van der Waals surface area contributed by atoms with Gasteiger partial charge in [0.25, 0.3) is 5.91 Å². The number of amides is 1. The minimum atomic E-state index is -0.816. The molecule has 1 fully saturated rings. The van der Waals surface area contributed by atoms with Crippen molar-refractivity contribution in [2.24, 2.45) is 5.92 Å². The molecule has 1 aliphatic rings. The molecule has 0 unspecified atom stereocenters. The van der Waals surface area contributed by atoms with Crippen LogP contribution in [-0.2, 0) is 9.53 Å². The molecule has 0 spiro atoms. The second-order valence-corrected chi connectivity index (χ2v) is 8.82. The summed E-state index contributed by atoms with van der Waals surface area (Å²) in [5.41, 5.74) is -0.0527. The van der Waals surface area contributed by atoms with Crippen LogP contribution in [0.15, 0.2) is 24.3 Å². The van der Waals surface area contributed by atoms with Gasteiger partial charge in [-0.25, -0.2) is 0 Å². The Morgan fingerprint density at radius 2 is 2.00 bits per heavy atom. The Morgan fingerprint density at radius 3 is 2.62 bits per heavy atom. The maximum atomic E-state index is 12.8. The Hall–Kier alpha value is -1.59. The molecule has 164 valence electrons. The molecular weight excluding hydrogens is 364 g/mol. The first-order chi connectivity index (χ1) is 13.8. The van der Waals surface area contributed by atoms with E-state index in [2.05, 4.69) is 31.0 Å². The molecule has 0 aromatic heterocycles. The van der Waals surface area contributed by atoms with E-state index in [1.807, 2.05) is 38.1 Å². The van der Waals surface area contributed by atoms with Gasteiger partial charge in [-0.05, 0) is 83.2 Å². The van der Waals surface area contributed by atoms with Crippen molar-refractivity contribution in [3.8, 4) is 5.75 Å². The van der Waals surface area contributed by atoms with E-state index in [0.717, 1.165) is 24.4 Å². The number of nitrogens with zero attached hydrogens (tertiary/aromatic N) is 1. The molecule has 1 saturated heterocycles. The van der Waals surface area contributed by atoms with Gasteiger partial charge in [0, 0.05) is 24.9 Å². The van der Waals surface area contributed by atoms with Gasteiger partial charge >= 0.3 is 0 Å². The molecule has 2 rings (SSSR count). The maximum Gasteiger partial charge on any atom is 0.256 e. The summed E-state index contributed by atoms with van der Waals surface area (Å²) in [6, 6.07) is 8.31. The van der Waals surface area contributed by atoms with E-state index in [4.69, 9.17) is 9.47 Å². The number of benzene rings is 1. The van der Waals surface area contributed by atoms with Crippen LogP contribution in [0.2, 0.25) is 0 Å². The zero-order valence-corrected chi connectivity index (χ0v) is 19.0. The van der Waals surface area contributed by atoms with E-state index in [9.17, 15) is 4.79 Å². The number of hydrogen-bond donors (Lipinski definition) is 1. The summed E-state index contributed by atoms with van der Waals surface area (Å²) in [5.74, 6) is 1.11. The molecule has 1 aliphatic heterocycles. The van der Waals surface area contributed by atoms with Crippen molar-refractivity contribution in [3.05, 3.63) is 24.3 Å². The van der Waals surface area contributed by atoms with Gasteiger partial charge in [0.05, 0.1) is 6.61 Å². The zero-order chi connectivity index (χ0) is 21.3. The molecule has 1 heterocycles. The fourth-order valence-corrected chi connectivity index (χ4v) is 4.16. The number of rotatable bonds is 11. The Labute approximate surface area is 177 Å². The molecule has 0 radical (unpaired) electrons. The number of likely N-dealkylation sites (tertiary alicyclic amines) is 1. The number of hydrogen-bond acceptors (Lipinski definition) is 4. The predicted octanol–water partition coefficient (Wildman–Crippen LogP) is 5.11. The summed E-state index contributed by atoms with van der Waals surface area (Å²) in [6.45, 7) is 13.9. The maximum absolute atomic E-state index is 12.8. The Bertz CT molecular complexity index is 617. The highest BCUT2D eigenvalue weighted by atomic mass is 16.5. The molecule has 1 aromatic carbocycles. The molecule has 1 amide bonds. The van der Waals surface area contributed by atoms with Gasteiger partial charge in [-0.3, -0.25) is 4.79 Å². The highest BCUT2D eigenvalue weighted by Crippen LogP contribution is 2.24.